The molecular weight excluding hydrogens is 409 g/mol. The number of halogens is 2. The standard InChI is InChI=1S/C7H6ClFN.C2H4O2.Hg/c1-4-2-5(8)7(10)3-6(4)9;1-2(3)4;/h2H,10H2,1H3;1H3,(H,3,4);/q;;+1/p-1. The summed E-state index contributed by atoms with van der Waals surface area (Å²) in [5.41, 5.74) is 6.27. The number of aryl methyl sites for hydroxylation is 1. The molecule has 0 aromatic heterocycles. The van der Waals surface area contributed by atoms with Crippen LogP contribution in [0, 0.1) is 12.7 Å². The van der Waals surface area contributed by atoms with Crippen molar-refractivity contribution in [1.29, 1.82) is 0 Å². The molecule has 1 aromatic rings. The fourth-order valence-electron chi connectivity index (χ4n) is 1.15. The van der Waals surface area contributed by atoms with E-state index in [-0.39, 0.29) is 11.5 Å². The first-order valence-electron chi connectivity index (χ1n) is 4.29. The van der Waals surface area contributed by atoms with Crippen LogP contribution in [-0.4, -0.2) is 5.97 Å². The quantitative estimate of drug-likeness (QED) is 0.586. The van der Waals surface area contributed by atoms with Crippen LogP contribution in [0.5, 0.6) is 0 Å². The molecule has 0 unspecified atom stereocenters. The van der Waals surface area contributed by atoms with E-state index in [4.69, 9.17) is 20.0 Å². The Labute approximate surface area is 105 Å². The predicted molar refractivity (Wildman–Crippen MR) is 52.0 cm³/mol. The van der Waals surface area contributed by atoms with Crippen molar-refractivity contribution in [3.8, 4) is 0 Å². The van der Waals surface area contributed by atoms with Crippen molar-refractivity contribution in [2.75, 3.05) is 5.73 Å². The van der Waals surface area contributed by atoms with E-state index in [1.807, 2.05) is 0 Å². The van der Waals surface area contributed by atoms with Gasteiger partial charge in [-0.2, -0.15) is 0 Å². The Morgan fingerprint density at radius 3 is 2.80 bits per heavy atom. The van der Waals surface area contributed by atoms with Crippen LogP contribution >= 0.6 is 11.6 Å². The fourth-order valence-corrected chi connectivity index (χ4v) is 6.13. The predicted octanol–water partition coefficient (Wildman–Crippen LogP) is 1.56. The second-order valence-corrected chi connectivity index (χ2v) is 8.56. The first-order chi connectivity index (χ1) is 6.93. The zero-order valence-electron chi connectivity index (χ0n) is 8.43. The van der Waals surface area contributed by atoms with Gasteiger partial charge in [0.1, 0.15) is 0 Å². The number of nitrogens with two attached hydrogens (primary N) is 1. The maximum absolute atomic E-state index is 13.6. The zero-order chi connectivity index (χ0) is 11.6. The third-order valence-corrected chi connectivity index (χ3v) is 8.22. The van der Waals surface area contributed by atoms with Crippen molar-refractivity contribution in [2.45, 2.75) is 13.8 Å². The van der Waals surface area contributed by atoms with Crippen LogP contribution in [0.1, 0.15) is 12.5 Å². The number of hydrogen-bond donors (Lipinski definition) is 1. The summed E-state index contributed by atoms with van der Waals surface area (Å²) in [6.45, 7) is 2.90. The van der Waals surface area contributed by atoms with E-state index in [1.165, 1.54) is 13.0 Å². The Balaban J connectivity index is 3.09. The number of carbonyl (C=O) groups is 1. The molecule has 0 radical (unpaired) electrons. The van der Waals surface area contributed by atoms with Crippen molar-refractivity contribution < 1.29 is 36.9 Å². The third kappa shape index (κ3) is 3.05. The second-order valence-electron chi connectivity index (χ2n) is 3.16. The van der Waals surface area contributed by atoms with E-state index < -0.39 is 31.0 Å². The molecular formula is C9H9ClFHgNO2. The van der Waals surface area contributed by atoms with E-state index in [0.717, 1.165) is 0 Å². The Hall–Kier alpha value is -0.355. The number of nitrogen functional groups attached to an aromatic ring is 1. The van der Waals surface area contributed by atoms with Gasteiger partial charge in [-0.1, -0.05) is 0 Å². The molecule has 6 heteroatoms. The molecule has 0 heterocycles. The zero-order valence-corrected chi connectivity index (χ0v) is 14.7. The van der Waals surface area contributed by atoms with Crippen LogP contribution in [0.3, 0.4) is 0 Å². The Kier molecular flexibility index (Phi) is 4.34. The van der Waals surface area contributed by atoms with Gasteiger partial charge in [0.05, 0.1) is 0 Å². The van der Waals surface area contributed by atoms with E-state index in [2.05, 4.69) is 0 Å². The van der Waals surface area contributed by atoms with Crippen LogP contribution in [0.2, 0.25) is 5.02 Å². The molecule has 0 saturated heterocycles. The Morgan fingerprint density at radius 1 is 1.67 bits per heavy atom. The van der Waals surface area contributed by atoms with E-state index >= 15 is 0 Å². The minimum atomic E-state index is -2.27. The molecule has 1 aromatic carbocycles. The summed E-state index contributed by atoms with van der Waals surface area (Å²) in [7, 11) is 0. The summed E-state index contributed by atoms with van der Waals surface area (Å²) in [5, 5.41) is 0.316. The topological polar surface area (TPSA) is 52.3 Å². The first kappa shape index (κ1) is 12.7. The minimum absolute atomic E-state index is 0.211. The molecule has 15 heavy (non-hydrogen) atoms. The molecule has 1 rings (SSSR count). The van der Waals surface area contributed by atoms with Gasteiger partial charge < -0.3 is 0 Å². The summed E-state index contributed by atoms with van der Waals surface area (Å²) >= 11 is 3.54. The number of carbonyl (C=O) groups excluding carboxylic acids is 1. The molecule has 0 amide bonds. The number of hydrogen-bond acceptors (Lipinski definition) is 3. The monoisotopic (exact) mass is 419 g/mol. The van der Waals surface area contributed by atoms with Crippen LogP contribution in [0.15, 0.2) is 6.07 Å². The van der Waals surface area contributed by atoms with Gasteiger partial charge in [0, 0.05) is 0 Å². The molecule has 0 fully saturated rings. The van der Waals surface area contributed by atoms with Crippen LogP contribution in [0.25, 0.3) is 0 Å². The van der Waals surface area contributed by atoms with Gasteiger partial charge in [0.2, 0.25) is 0 Å². The molecule has 0 spiro atoms. The van der Waals surface area contributed by atoms with Crippen molar-refractivity contribution in [2.24, 2.45) is 0 Å². The van der Waals surface area contributed by atoms with E-state index in [1.54, 1.807) is 6.92 Å². The third-order valence-electron chi connectivity index (χ3n) is 1.96. The van der Waals surface area contributed by atoms with Crippen molar-refractivity contribution in [3.05, 3.63) is 22.5 Å². The number of benzene rings is 1. The van der Waals surface area contributed by atoms with Crippen molar-refractivity contribution in [3.63, 3.8) is 0 Å². The van der Waals surface area contributed by atoms with Gasteiger partial charge in [-0.3, -0.25) is 0 Å². The Morgan fingerprint density at radius 2 is 2.27 bits per heavy atom. The van der Waals surface area contributed by atoms with Crippen LogP contribution in [-0.2, 0) is 32.5 Å². The molecule has 0 aliphatic rings. The van der Waals surface area contributed by atoms with Crippen molar-refractivity contribution >= 4 is 26.3 Å². The normalized spacial score (nSPS) is 9.60. The van der Waals surface area contributed by atoms with Gasteiger partial charge in [-0.25, -0.2) is 0 Å². The van der Waals surface area contributed by atoms with Crippen molar-refractivity contribution in [1.82, 2.24) is 0 Å². The molecule has 0 atom stereocenters. The van der Waals surface area contributed by atoms with Gasteiger partial charge in [-0.05, 0) is 0 Å². The maximum atomic E-state index is 13.6. The van der Waals surface area contributed by atoms with E-state index in [0.29, 0.717) is 13.7 Å². The van der Waals surface area contributed by atoms with E-state index in [9.17, 15) is 9.18 Å². The summed E-state index contributed by atoms with van der Waals surface area (Å²) in [6, 6.07) is 1.47. The summed E-state index contributed by atoms with van der Waals surface area (Å²) in [5.74, 6) is -0.784. The van der Waals surface area contributed by atoms with Crippen LogP contribution < -0.4 is 8.81 Å². The first-order valence-corrected chi connectivity index (χ1v) is 9.67. The van der Waals surface area contributed by atoms with Gasteiger partial charge >= 0.3 is 105 Å². The number of rotatable bonds is 2. The molecule has 3 nitrogen and oxygen atoms in total. The summed E-state index contributed by atoms with van der Waals surface area (Å²) < 4.78 is 18.9. The molecule has 0 aliphatic carbocycles. The van der Waals surface area contributed by atoms with Gasteiger partial charge in [0.25, 0.3) is 0 Å². The molecule has 0 saturated carbocycles. The fraction of sp³-hybridized carbons (Fsp3) is 0.222. The SMILES string of the molecule is CC(=O)[O][Hg][c]1c(N)c(Cl)cc(C)c1F. The molecule has 0 aliphatic heterocycles. The Bertz CT molecular complexity index is 385. The summed E-state index contributed by atoms with van der Waals surface area (Å²) in [4.78, 5) is 10.6. The van der Waals surface area contributed by atoms with Gasteiger partial charge in [0.15, 0.2) is 0 Å². The molecule has 2 N–H and O–H groups in total. The molecule has 0 bridgehead atoms. The summed E-state index contributed by atoms with van der Waals surface area (Å²) in [6.07, 6.45) is 0. The molecule has 78 valence electrons. The van der Waals surface area contributed by atoms with Gasteiger partial charge in [-0.15, -0.1) is 0 Å². The second kappa shape index (κ2) is 5.12. The average Bonchev–Trinajstić information content (AvgIpc) is 2.14. The van der Waals surface area contributed by atoms with Crippen LogP contribution in [0.4, 0.5) is 10.1 Å². The number of anilines is 1. The average molecular weight is 418 g/mol.